The smallest absolute Gasteiger partial charge is 0.254 e. The number of hydrogen-bond acceptors (Lipinski definition) is 3. The molecule has 1 N–H and O–H groups in total. The van der Waals surface area contributed by atoms with E-state index in [1.165, 1.54) is 12.4 Å². The lowest BCUT2D eigenvalue weighted by Gasteiger charge is -2.15. The average Bonchev–Trinajstić information content (AvgIpc) is 2.01. The van der Waals surface area contributed by atoms with E-state index >= 15 is 0 Å². The maximum Gasteiger partial charge on any atom is 0.254 e. The third-order valence-corrected chi connectivity index (χ3v) is 1.78. The number of aromatic nitrogens is 2. The van der Waals surface area contributed by atoms with Crippen molar-refractivity contribution in [3.05, 3.63) is 22.7 Å². The van der Waals surface area contributed by atoms with Gasteiger partial charge in [0.2, 0.25) is 5.88 Å². The summed E-state index contributed by atoms with van der Waals surface area (Å²) in [6.07, 6.45) is 2.39. The van der Waals surface area contributed by atoms with Crippen LogP contribution in [0.4, 0.5) is 0 Å². The molecule has 0 saturated heterocycles. The zero-order valence-electron chi connectivity index (χ0n) is 8.78. The van der Waals surface area contributed by atoms with Crippen LogP contribution in [-0.2, 0) is 0 Å². The molecule has 1 heterocycles. The highest BCUT2D eigenvalue weighted by Crippen LogP contribution is 2.10. The number of H-pyrrole nitrogens is 1. The fourth-order valence-electron chi connectivity index (χ4n) is 1.33. The highest BCUT2D eigenvalue weighted by atomic mass is 16.5. The zero-order chi connectivity index (χ0) is 10.6. The minimum absolute atomic E-state index is 0.0873. The van der Waals surface area contributed by atoms with Crippen molar-refractivity contribution >= 4 is 0 Å². The van der Waals surface area contributed by atoms with Crippen molar-refractivity contribution in [3.63, 3.8) is 0 Å². The average molecular weight is 196 g/mol. The molecule has 14 heavy (non-hydrogen) atoms. The van der Waals surface area contributed by atoms with Crippen LogP contribution in [0.2, 0.25) is 0 Å². The number of hydrogen-bond donors (Lipinski definition) is 1. The second-order valence-corrected chi connectivity index (χ2v) is 3.81. The standard InChI is InChI=1S/C10H16N2O2/c1-7(2)4-8(3)14-10-5-9(13)11-6-12-10/h5-8H,4H2,1-3H3,(H,11,12,13). The van der Waals surface area contributed by atoms with Crippen molar-refractivity contribution in [2.75, 3.05) is 0 Å². The predicted molar refractivity (Wildman–Crippen MR) is 54.4 cm³/mol. The molecule has 0 spiro atoms. The Bertz CT molecular complexity index is 333. The molecule has 1 atom stereocenters. The van der Waals surface area contributed by atoms with Crippen LogP contribution in [0.1, 0.15) is 27.2 Å². The summed E-state index contributed by atoms with van der Waals surface area (Å²) >= 11 is 0. The van der Waals surface area contributed by atoms with Crippen LogP contribution in [0.25, 0.3) is 0 Å². The molecule has 1 aromatic rings. The molecule has 0 bridgehead atoms. The summed E-state index contributed by atoms with van der Waals surface area (Å²) in [5, 5.41) is 0. The first-order valence-electron chi connectivity index (χ1n) is 4.79. The van der Waals surface area contributed by atoms with E-state index in [-0.39, 0.29) is 11.7 Å². The predicted octanol–water partition coefficient (Wildman–Crippen LogP) is 1.58. The highest BCUT2D eigenvalue weighted by Gasteiger charge is 2.07. The largest absolute Gasteiger partial charge is 0.474 e. The van der Waals surface area contributed by atoms with Crippen LogP contribution >= 0.6 is 0 Å². The van der Waals surface area contributed by atoms with Gasteiger partial charge in [-0.2, -0.15) is 0 Å². The second-order valence-electron chi connectivity index (χ2n) is 3.81. The monoisotopic (exact) mass is 196 g/mol. The summed E-state index contributed by atoms with van der Waals surface area (Å²) < 4.78 is 5.47. The first-order valence-corrected chi connectivity index (χ1v) is 4.79. The van der Waals surface area contributed by atoms with Crippen LogP contribution in [0.5, 0.6) is 5.88 Å². The highest BCUT2D eigenvalue weighted by molar-refractivity contribution is 5.05. The molecule has 0 amide bonds. The van der Waals surface area contributed by atoms with E-state index in [9.17, 15) is 4.79 Å². The summed E-state index contributed by atoms with van der Waals surface area (Å²) in [5.41, 5.74) is -0.188. The third kappa shape index (κ3) is 3.60. The van der Waals surface area contributed by atoms with Crippen LogP contribution < -0.4 is 10.3 Å². The molecule has 0 saturated carbocycles. The third-order valence-electron chi connectivity index (χ3n) is 1.78. The van der Waals surface area contributed by atoms with Crippen molar-refractivity contribution in [3.8, 4) is 5.88 Å². The Balaban J connectivity index is 2.56. The summed E-state index contributed by atoms with van der Waals surface area (Å²) in [7, 11) is 0. The molecular weight excluding hydrogens is 180 g/mol. The first-order chi connectivity index (χ1) is 6.58. The van der Waals surface area contributed by atoms with Gasteiger partial charge in [-0.3, -0.25) is 4.79 Å². The number of rotatable bonds is 4. The number of nitrogens with zero attached hydrogens (tertiary/aromatic N) is 1. The van der Waals surface area contributed by atoms with Gasteiger partial charge in [-0.15, -0.1) is 0 Å². The molecule has 78 valence electrons. The second kappa shape index (κ2) is 4.79. The van der Waals surface area contributed by atoms with E-state index in [0.29, 0.717) is 11.8 Å². The van der Waals surface area contributed by atoms with Crippen LogP contribution in [-0.4, -0.2) is 16.1 Å². The van der Waals surface area contributed by atoms with Crippen LogP contribution in [0.15, 0.2) is 17.2 Å². The van der Waals surface area contributed by atoms with Crippen molar-refractivity contribution in [2.45, 2.75) is 33.3 Å². The van der Waals surface area contributed by atoms with Crippen LogP contribution in [0, 0.1) is 5.92 Å². The SMILES string of the molecule is CC(C)CC(C)Oc1cc(=O)[nH]cn1. The molecule has 4 nitrogen and oxygen atoms in total. The Labute approximate surface area is 83.3 Å². The van der Waals surface area contributed by atoms with Gasteiger partial charge >= 0.3 is 0 Å². The summed E-state index contributed by atoms with van der Waals surface area (Å²) in [6, 6.07) is 1.36. The molecule has 0 aliphatic heterocycles. The minimum atomic E-state index is -0.188. The normalized spacial score (nSPS) is 12.9. The maximum absolute atomic E-state index is 10.9. The lowest BCUT2D eigenvalue weighted by atomic mass is 10.1. The number of ether oxygens (including phenoxy) is 1. The van der Waals surface area contributed by atoms with Gasteiger partial charge in [0.15, 0.2) is 0 Å². The Morgan fingerprint density at radius 1 is 1.50 bits per heavy atom. The number of nitrogens with one attached hydrogen (secondary N) is 1. The van der Waals surface area contributed by atoms with E-state index in [4.69, 9.17) is 4.74 Å². The van der Waals surface area contributed by atoms with Gasteiger partial charge < -0.3 is 9.72 Å². The quantitative estimate of drug-likeness (QED) is 0.795. The van der Waals surface area contributed by atoms with E-state index < -0.39 is 0 Å². The van der Waals surface area contributed by atoms with Gasteiger partial charge in [-0.1, -0.05) is 13.8 Å². The lowest BCUT2D eigenvalue weighted by molar-refractivity contribution is 0.185. The van der Waals surface area contributed by atoms with Crippen molar-refractivity contribution < 1.29 is 4.74 Å². The fraction of sp³-hybridized carbons (Fsp3) is 0.600. The molecule has 4 heteroatoms. The summed E-state index contributed by atoms with van der Waals surface area (Å²) in [6.45, 7) is 6.24. The summed E-state index contributed by atoms with van der Waals surface area (Å²) in [5.74, 6) is 0.967. The Kier molecular flexibility index (Phi) is 3.68. The Morgan fingerprint density at radius 2 is 2.21 bits per heavy atom. The summed E-state index contributed by atoms with van der Waals surface area (Å²) in [4.78, 5) is 17.3. The van der Waals surface area contributed by atoms with Gasteiger partial charge in [-0.25, -0.2) is 4.98 Å². The van der Waals surface area contributed by atoms with Crippen molar-refractivity contribution in [1.82, 2.24) is 9.97 Å². The van der Waals surface area contributed by atoms with E-state index in [1.807, 2.05) is 6.92 Å². The van der Waals surface area contributed by atoms with Gasteiger partial charge in [0.1, 0.15) is 0 Å². The molecular formula is C10H16N2O2. The molecule has 0 fully saturated rings. The first kappa shape index (κ1) is 10.8. The molecule has 0 aromatic carbocycles. The van der Waals surface area contributed by atoms with E-state index in [1.54, 1.807) is 0 Å². The minimum Gasteiger partial charge on any atom is -0.474 e. The van der Waals surface area contributed by atoms with Gasteiger partial charge in [0.25, 0.3) is 5.56 Å². The molecule has 0 aliphatic rings. The molecule has 1 aromatic heterocycles. The topological polar surface area (TPSA) is 55.0 Å². The van der Waals surface area contributed by atoms with Crippen molar-refractivity contribution in [1.29, 1.82) is 0 Å². The molecule has 0 aliphatic carbocycles. The van der Waals surface area contributed by atoms with E-state index in [0.717, 1.165) is 6.42 Å². The Morgan fingerprint density at radius 3 is 2.79 bits per heavy atom. The van der Waals surface area contributed by atoms with E-state index in [2.05, 4.69) is 23.8 Å². The van der Waals surface area contributed by atoms with Gasteiger partial charge in [0, 0.05) is 0 Å². The van der Waals surface area contributed by atoms with Gasteiger partial charge in [0.05, 0.1) is 18.5 Å². The number of aromatic amines is 1. The van der Waals surface area contributed by atoms with Gasteiger partial charge in [-0.05, 0) is 19.3 Å². The Hall–Kier alpha value is -1.32. The zero-order valence-corrected chi connectivity index (χ0v) is 8.78. The lowest BCUT2D eigenvalue weighted by Crippen LogP contribution is -2.16. The molecule has 1 unspecified atom stereocenters. The van der Waals surface area contributed by atoms with Crippen LogP contribution in [0.3, 0.4) is 0 Å². The maximum atomic E-state index is 10.9. The fourth-order valence-corrected chi connectivity index (χ4v) is 1.33. The molecule has 0 radical (unpaired) electrons. The van der Waals surface area contributed by atoms with Crippen molar-refractivity contribution in [2.24, 2.45) is 5.92 Å². The molecule has 1 rings (SSSR count).